The SMILES string of the molecule is O=C([O-])C(O)C(O)C(=O)[O-].[H+].[Rb+]. The number of aliphatic hydroxyl groups excluding tert-OH is 2. The number of carbonyl (C=O) groups excluding carboxylic acids is 2. The summed E-state index contributed by atoms with van der Waals surface area (Å²) in [7, 11) is 0. The van der Waals surface area contributed by atoms with Gasteiger partial charge in [0.2, 0.25) is 0 Å². The molecule has 6 nitrogen and oxygen atoms in total. The van der Waals surface area contributed by atoms with Crippen LogP contribution in [-0.2, 0) is 9.59 Å². The van der Waals surface area contributed by atoms with Crippen LogP contribution >= 0.6 is 0 Å². The van der Waals surface area contributed by atoms with Crippen LogP contribution in [-0.4, -0.2) is 34.4 Å². The molecular formula is C4H5O6Rb. The average Bonchev–Trinajstić information content (AvgIpc) is 1.84. The number of hydrogen-bond donors (Lipinski definition) is 2. The molecule has 0 saturated heterocycles. The van der Waals surface area contributed by atoms with Crippen molar-refractivity contribution in [3.8, 4) is 0 Å². The number of aliphatic hydroxyl groups is 2. The van der Waals surface area contributed by atoms with Crippen molar-refractivity contribution < 1.29 is 89.6 Å². The first kappa shape index (κ1) is 14.2. The third kappa shape index (κ3) is 4.99. The number of hydrogen-bond acceptors (Lipinski definition) is 6. The molecule has 0 aliphatic heterocycles. The molecule has 0 rings (SSSR count). The van der Waals surface area contributed by atoms with Crippen molar-refractivity contribution in [2.45, 2.75) is 12.2 Å². The van der Waals surface area contributed by atoms with Crippen molar-refractivity contribution >= 4 is 11.9 Å². The third-order valence-electron chi connectivity index (χ3n) is 0.782. The molecule has 0 aromatic heterocycles. The minimum atomic E-state index is -2.44. The summed E-state index contributed by atoms with van der Waals surface area (Å²) in [6.07, 6.45) is -4.88. The maximum Gasteiger partial charge on any atom is 1.00 e. The minimum Gasteiger partial charge on any atom is -0.547 e. The molecule has 0 saturated carbocycles. The van der Waals surface area contributed by atoms with Crippen LogP contribution in [0.15, 0.2) is 0 Å². The van der Waals surface area contributed by atoms with Crippen LogP contribution in [0.5, 0.6) is 0 Å². The molecule has 2 atom stereocenters. The second-order valence-corrected chi connectivity index (χ2v) is 1.53. The molecule has 0 radical (unpaired) electrons. The second-order valence-electron chi connectivity index (χ2n) is 1.53. The summed E-state index contributed by atoms with van der Waals surface area (Å²) < 4.78 is 0. The van der Waals surface area contributed by atoms with Crippen molar-refractivity contribution in [3.63, 3.8) is 0 Å². The summed E-state index contributed by atoms with van der Waals surface area (Å²) in [5.74, 6) is -4.12. The Labute approximate surface area is 112 Å². The molecule has 0 fully saturated rings. The Morgan fingerprint density at radius 1 is 1.09 bits per heavy atom. The maximum absolute atomic E-state index is 9.63. The van der Waals surface area contributed by atoms with Gasteiger partial charge < -0.3 is 30.0 Å². The number of aliphatic carboxylic acids is 2. The Morgan fingerprint density at radius 2 is 1.27 bits per heavy atom. The monoisotopic (exact) mass is 234 g/mol. The number of rotatable bonds is 3. The summed E-state index contributed by atoms with van der Waals surface area (Å²) in [5.41, 5.74) is 0. The summed E-state index contributed by atoms with van der Waals surface area (Å²) >= 11 is 0. The summed E-state index contributed by atoms with van der Waals surface area (Å²) in [6.45, 7) is 0. The Hall–Kier alpha value is 0.665. The van der Waals surface area contributed by atoms with Gasteiger partial charge in [0.1, 0.15) is 12.2 Å². The van der Waals surface area contributed by atoms with Gasteiger partial charge in [-0.05, 0) is 0 Å². The van der Waals surface area contributed by atoms with Crippen LogP contribution < -0.4 is 68.4 Å². The largest absolute Gasteiger partial charge is 1.00 e. The van der Waals surface area contributed by atoms with Crippen molar-refractivity contribution in [3.05, 3.63) is 0 Å². The Balaban J connectivity index is -0.000000405. The van der Waals surface area contributed by atoms with E-state index < -0.39 is 24.1 Å². The molecule has 0 amide bonds. The van der Waals surface area contributed by atoms with Crippen molar-refractivity contribution in [1.29, 1.82) is 0 Å². The fourth-order valence-corrected chi connectivity index (χ4v) is 0.258. The molecule has 0 aliphatic carbocycles. The van der Waals surface area contributed by atoms with Crippen LogP contribution in [0.25, 0.3) is 0 Å². The summed E-state index contributed by atoms with van der Waals surface area (Å²) in [6, 6.07) is 0. The fraction of sp³-hybridized carbons (Fsp3) is 0.500. The third-order valence-corrected chi connectivity index (χ3v) is 0.782. The van der Waals surface area contributed by atoms with Gasteiger partial charge in [-0.15, -0.1) is 0 Å². The second kappa shape index (κ2) is 6.21. The smallest absolute Gasteiger partial charge is 0.547 e. The van der Waals surface area contributed by atoms with E-state index in [1.807, 2.05) is 0 Å². The van der Waals surface area contributed by atoms with Crippen LogP contribution in [0.2, 0.25) is 0 Å². The topological polar surface area (TPSA) is 121 Å². The van der Waals surface area contributed by atoms with Gasteiger partial charge in [-0.1, -0.05) is 0 Å². The van der Waals surface area contributed by atoms with E-state index in [1.54, 1.807) is 0 Å². The molecular weight excluding hydrogens is 230 g/mol. The molecule has 0 bridgehead atoms. The van der Waals surface area contributed by atoms with Gasteiger partial charge in [0.15, 0.2) is 0 Å². The van der Waals surface area contributed by atoms with Gasteiger partial charge in [0.05, 0.1) is 11.9 Å². The van der Waals surface area contributed by atoms with E-state index in [4.69, 9.17) is 10.2 Å². The first-order chi connectivity index (χ1) is 4.46. The molecule has 0 aromatic carbocycles. The van der Waals surface area contributed by atoms with Gasteiger partial charge in [0.25, 0.3) is 0 Å². The van der Waals surface area contributed by atoms with Gasteiger partial charge in [-0.2, -0.15) is 0 Å². The molecule has 0 aliphatic rings. The van der Waals surface area contributed by atoms with E-state index in [1.165, 1.54) is 0 Å². The first-order valence-corrected chi connectivity index (χ1v) is 2.24. The number of carboxylic acid groups (broad SMARTS) is 2. The van der Waals surface area contributed by atoms with E-state index in [0.717, 1.165) is 0 Å². The zero-order chi connectivity index (χ0) is 8.31. The van der Waals surface area contributed by atoms with E-state index >= 15 is 0 Å². The quantitative estimate of drug-likeness (QED) is 0.500. The van der Waals surface area contributed by atoms with E-state index in [9.17, 15) is 19.8 Å². The predicted octanol–water partition coefficient (Wildman–Crippen LogP) is -7.68. The Morgan fingerprint density at radius 3 is 1.36 bits per heavy atom. The van der Waals surface area contributed by atoms with E-state index in [0.29, 0.717) is 0 Å². The normalized spacial score (nSPS) is 14.4. The Kier molecular flexibility index (Phi) is 8.02. The molecule has 0 aromatic rings. The average molecular weight is 235 g/mol. The minimum absolute atomic E-state index is 0. The molecule has 0 spiro atoms. The van der Waals surface area contributed by atoms with Gasteiger partial charge in [0, 0.05) is 0 Å². The molecule has 0 heterocycles. The van der Waals surface area contributed by atoms with E-state index in [2.05, 4.69) is 0 Å². The number of carboxylic acids is 2. The van der Waals surface area contributed by atoms with Gasteiger partial charge in [-0.3, -0.25) is 0 Å². The van der Waals surface area contributed by atoms with E-state index in [-0.39, 0.29) is 59.6 Å². The summed E-state index contributed by atoms with van der Waals surface area (Å²) in [5, 5.41) is 35.7. The van der Waals surface area contributed by atoms with Crippen LogP contribution in [0.1, 0.15) is 1.43 Å². The van der Waals surface area contributed by atoms with Crippen LogP contribution in [0.3, 0.4) is 0 Å². The molecule has 2 unspecified atom stereocenters. The van der Waals surface area contributed by atoms with Crippen LogP contribution in [0, 0.1) is 0 Å². The molecule has 11 heavy (non-hydrogen) atoms. The zero-order valence-electron chi connectivity index (χ0n) is 6.68. The van der Waals surface area contributed by atoms with Crippen LogP contribution in [0.4, 0.5) is 0 Å². The number of carbonyl (C=O) groups is 2. The molecule has 7 heteroatoms. The van der Waals surface area contributed by atoms with Gasteiger partial charge in [-0.25, -0.2) is 0 Å². The molecule has 58 valence electrons. The standard InChI is InChI=1S/C4H6O6.Rb/c5-1(3(7)8)2(6)4(9)10;/h1-2,5-6H,(H,7,8)(H,9,10);/q;+1/p-1. The van der Waals surface area contributed by atoms with Gasteiger partial charge >= 0.3 is 59.6 Å². The first-order valence-electron chi connectivity index (χ1n) is 2.24. The predicted molar refractivity (Wildman–Crippen MR) is 23.1 cm³/mol. The summed E-state index contributed by atoms with van der Waals surface area (Å²) in [4.78, 5) is 19.3. The molecule has 2 N–H and O–H groups in total. The van der Waals surface area contributed by atoms with Crippen molar-refractivity contribution in [2.75, 3.05) is 0 Å². The Bertz CT molecular complexity index is 144. The maximum atomic E-state index is 9.63. The van der Waals surface area contributed by atoms with Crippen molar-refractivity contribution in [2.24, 2.45) is 0 Å². The van der Waals surface area contributed by atoms with Crippen molar-refractivity contribution in [1.82, 2.24) is 0 Å². The zero-order valence-corrected chi connectivity index (χ0v) is 10.6. The fourth-order valence-electron chi connectivity index (χ4n) is 0.258.